The number of carbonyl (C=O) groups excluding carboxylic acids is 1. The van der Waals surface area contributed by atoms with Gasteiger partial charge >= 0.3 is 0 Å². The minimum atomic E-state index is -0.0655. The van der Waals surface area contributed by atoms with Gasteiger partial charge in [-0.25, -0.2) is 0 Å². The van der Waals surface area contributed by atoms with E-state index in [9.17, 15) is 4.79 Å². The highest BCUT2D eigenvalue weighted by atomic mass is 32.1. The summed E-state index contributed by atoms with van der Waals surface area (Å²) >= 11 is 5.25. The fourth-order valence-corrected chi connectivity index (χ4v) is 2.85. The lowest BCUT2D eigenvalue weighted by Crippen LogP contribution is -2.31. The van der Waals surface area contributed by atoms with Crippen LogP contribution in [-0.4, -0.2) is 32.2 Å². The van der Waals surface area contributed by atoms with Gasteiger partial charge in [0.2, 0.25) is 0 Å². The summed E-state index contributed by atoms with van der Waals surface area (Å²) in [6, 6.07) is 10.1. The van der Waals surface area contributed by atoms with Crippen molar-refractivity contribution in [2.75, 3.05) is 6.54 Å². The number of amides is 1. The molecule has 0 spiro atoms. The zero-order chi connectivity index (χ0) is 16.9. The van der Waals surface area contributed by atoms with Crippen molar-refractivity contribution in [3.05, 3.63) is 59.5 Å². The Hall–Kier alpha value is -2.47. The second kappa shape index (κ2) is 7.40. The van der Waals surface area contributed by atoms with Crippen LogP contribution in [0.5, 0.6) is 0 Å². The molecule has 3 rings (SSSR count). The second-order valence-electron chi connectivity index (χ2n) is 5.76. The van der Waals surface area contributed by atoms with Gasteiger partial charge in [-0.2, -0.15) is 5.10 Å². The summed E-state index contributed by atoms with van der Waals surface area (Å²) in [5, 5.41) is 7.84. The highest BCUT2D eigenvalue weighted by molar-refractivity contribution is 7.80. The lowest BCUT2D eigenvalue weighted by atomic mass is 10.2. The Morgan fingerprint density at radius 2 is 2.08 bits per heavy atom. The van der Waals surface area contributed by atoms with Crippen molar-refractivity contribution in [3.63, 3.8) is 0 Å². The smallest absolute Gasteiger partial charge is 0.276 e. The van der Waals surface area contributed by atoms with E-state index in [1.54, 1.807) is 17.2 Å². The molecular weight excluding hydrogens is 320 g/mol. The van der Waals surface area contributed by atoms with Gasteiger partial charge in [-0.1, -0.05) is 43.7 Å². The van der Waals surface area contributed by atoms with Crippen molar-refractivity contribution in [1.29, 1.82) is 0 Å². The molecule has 1 saturated heterocycles. The molecule has 1 aliphatic rings. The zero-order valence-corrected chi connectivity index (χ0v) is 14.4. The maximum absolute atomic E-state index is 12.4. The van der Waals surface area contributed by atoms with E-state index in [2.05, 4.69) is 29.5 Å². The summed E-state index contributed by atoms with van der Waals surface area (Å²) in [4.78, 5) is 14.0. The third-order valence-corrected chi connectivity index (χ3v) is 4.17. The predicted molar refractivity (Wildman–Crippen MR) is 98.1 cm³/mol. The summed E-state index contributed by atoms with van der Waals surface area (Å²) in [6.07, 6.45) is 7.44. The van der Waals surface area contributed by atoms with E-state index in [0.29, 0.717) is 23.9 Å². The minimum Gasteiger partial charge on any atom is -0.328 e. The number of hydrogen-bond acceptors (Lipinski definition) is 3. The molecule has 0 atom stereocenters. The first kappa shape index (κ1) is 16.4. The fourth-order valence-electron chi connectivity index (χ4n) is 2.57. The van der Waals surface area contributed by atoms with E-state index in [4.69, 9.17) is 12.2 Å². The maximum atomic E-state index is 12.4. The number of aromatic nitrogens is 2. The van der Waals surface area contributed by atoms with Gasteiger partial charge in [0.25, 0.3) is 5.91 Å². The number of nitrogens with one attached hydrogen (secondary N) is 1. The van der Waals surface area contributed by atoms with Crippen molar-refractivity contribution >= 4 is 29.3 Å². The third-order valence-electron chi connectivity index (χ3n) is 3.85. The normalized spacial score (nSPS) is 16.0. The molecule has 1 amide bonds. The fraction of sp³-hybridized carbons (Fsp3) is 0.278. The number of hydrogen-bond donors (Lipinski definition) is 1. The Morgan fingerprint density at radius 1 is 1.29 bits per heavy atom. The molecule has 1 aromatic carbocycles. The average molecular weight is 340 g/mol. The van der Waals surface area contributed by atoms with E-state index < -0.39 is 0 Å². The number of carbonyl (C=O) groups is 1. The number of benzene rings is 1. The van der Waals surface area contributed by atoms with Crippen LogP contribution in [0.25, 0.3) is 6.08 Å². The molecule has 2 aromatic rings. The Bertz CT molecular complexity index is 766. The van der Waals surface area contributed by atoms with Crippen LogP contribution in [0, 0.1) is 0 Å². The molecule has 1 fully saturated rings. The standard InChI is InChI=1S/C18H20N4OS/c1-2-3-9-22-17(23)16(20-18(22)24)10-15-11-19-21(13-15)12-14-7-5-4-6-8-14/h4-8,10-11,13H,2-3,9,12H2,1H3,(H,20,24)/b16-10-. The highest BCUT2D eigenvalue weighted by Crippen LogP contribution is 2.15. The summed E-state index contributed by atoms with van der Waals surface area (Å²) < 4.78 is 1.86. The van der Waals surface area contributed by atoms with Gasteiger partial charge in [-0.3, -0.25) is 14.4 Å². The van der Waals surface area contributed by atoms with Gasteiger partial charge in [-0.05, 0) is 30.3 Å². The van der Waals surface area contributed by atoms with Gasteiger partial charge in [0.1, 0.15) is 5.70 Å². The van der Waals surface area contributed by atoms with E-state index >= 15 is 0 Å². The largest absolute Gasteiger partial charge is 0.328 e. The van der Waals surface area contributed by atoms with Crippen LogP contribution >= 0.6 is 12.2 Å². The molecule has 0 saturated carbocycles. The van der Waals surface area contributed by atoms with Crippen LogP contribution in [0.3, 0.4) is 0 Å². The Labute approximate surface area is 147 Å². The summed E-state index contributed by atoms with van der Waals surface area (Å²) in [7, 11) is 0. The molecule has 124 valence electrons. The minimum absolute atomic E-state index is 0.0655. The monoisotopic (exact) mass is 340 g/mol. The van der Waals surface area contributed by atoms with Crippen LogP contribution in [0.4, 0.5) is 0 Å². The average Bonchev–Trinajstić information content (AvgIpc) is 3.12. The lowest BCUT2D eigenvalue weighted by molar-refractivity contribution is -0.122. The molecule has 1 aromatic heterocycles. The van der Waals surface area contributed by atoms with Crippen molar-refractivity contribution in [1.82, 2.24) is 20.0 Å². The molecule has 2 heterocycles. The topological polar surface area (TPSA) is 50.2 Å². The van der Waals surface area contributed by atoms with E-state index in [1.165, 1.54) is 5.56 Å². The summed E-state index contributed by atoms with van der Waals surface area (Å²) in [6.45, 7) is 3.45. The van der Waals surface area contributed by atoms with Crippen LogP contribution in [0.1, 0.15) is 30.9 Å². The maximum Gasteiger partial charge on any atom is 0.276 e. The molecule has 0 aliphatic carbocycles. The van der Waals surface area contributed by atoms with Crippen LogP contribution in [0.15, 0.2) is 48.4 Å². The molecule has 0 unspecified atom stereocenters. The van der Waals surface area contributed by atoms with Crippen LogP contribution in [-0.2, 0) is 11.3 Å². The molecule has 1 N–H and O–H groups in total. The molecule has 0 radical (unpaired) electrons. The van der Waals surface area contributed by atoms with Crippen LogP contribution in [0.2, 0.25) is 0 Å². The van der Waals surface area contributed by atoms with Gasteiger partial charge in [0.15, 0.2) is 5.11 Å². The predicted octanol–water partition coefficient (Wildman–Crippen LogP) is 2.79. The summed E-state index contributed by atoms with van der Waals surface area (Å²) in [5.74, 6) is -0.0655. The Morgan fingerprint density at radius 3 is 2.83 bits per heavy atom. The number of nitrogens with zero attached hydrogens (tertiary/aromatic N) is 3. The first-order chi connectivity index (χ1) is 11.7. The number of unbranched alkanes of at least 4 members (excludes halogenated alkanes) is 1. The number of rotatable bonds is 6. The first-order valence-electron chi connectivity index (χ1n) is 8.08. The summed E-state index contributed by atoms with van der Waals surface area (Å²) in [5.41, 5.74) is 2.57. The zero-order valence-electron chi connectivity index (χ0n) is 13.6. The molecule has 24 heavy (non-hydrogen) atoms. The number of thiocarbonyl (C=S) groups is 1. The third kappa shape index (κ3) is 3.71. The van der Waals surface area contributed by atoms with Crippen molar-refractivity contribution in [2.24, 2.45) is 0 Å². The molecule has 6 heteroatoms. The molecule has 5 nitrogen and oxygen atoms in total. The van der Waals surface area contributed by atoms with Gasteiger partial charge in [0, 0.05) is 18.3 Å². The quantitative estimate of drug-likeness (QED) is 0.649. The van der Waals surface area contributed by atoms with Gasteiger partial charge in [-0.15, -0.1) is 0 Å². The van der Waals surface area contributed by atoms with Gasteiger partial charge in [0.05, 0.1) is 12.7 Å². The van der Waals surface area contributed by atoms with E-state index in [-0.39, 0.29) is 5.91 Å². The highest BCUT2D eigenvalue weighted by Gasteiger charge is 2.29. The van der Waals surface area contributed by atoms with Crippen molar-refractivity contribution in [2.45, 2.75) is 26.3 Å². The lowest BCUT2D eigenvalue weighted by Gasteiger charge is -2.12. The second-order valence-corrected chi connectivity index (χ2v) is 6.14. The van der Waals surface area contributed by atoms with Crippen LogP contribution < -0.4 is 5.32 Å². The van der Waals surface area contributed by atoms with Crippen molar-refractivity contribution in [3.8, 4) is 0 Å². The molecule has 1 aliphatic heterocycles. The first-order valence-corrected chi connectivity index (χ1v) is 8.49. The molecular formula is C18H20N4OS. The Kier molecular flexibility index (Phi) is 5.05. The SMILES string of the molecule is CCCCN1C(=O)/C(=C/c2cnn(Cc3ccccc3)c2)NC1=S. The Balaban J connectivity index is 1.71. The van der Waals surface area contributed by atoms with Gasteiger partial charge < -0.3 is 5.32 Å². The van der Waals surface area contributed by atoms with Crippen molar-refractivity contribution < 1.29 is 4.79 Å². The molecule has 0 bridgehead atoms. The van der Waals surface area contributed by atoms with E-state index in [0.717, 1.165) is 18.4 Å². The van der Waals surface area contributed by atoms with E-state index in [1.807, 2.05) is 29.1 Å².